The van der Waals surface area contributed by atoms with Crippen molar-refractivity contribution < 1.29 is 5.11 Å². The van der Waals surface area contributed by atoms with Crippen LogP contribution in [0.1, 0.15) is 40.0 Å². The maximum absolute atomic E-state index is 10.1. The van der Waals surface area contributed by atoms with Gasteiger partial charge in [-0.25, -0.2) is 0 Å². The van der Waals surface area contributed by atoms with E-state index >= 15 is 0 Å². The van der Waals surface area contributed by atoms with Crippen molar-refractivity contribution >= 4 is 0 Å². The van der Waals surface area contributed by atoms with Crippen LogP contribution in [0, 0.1) is 11.3 Å². The standard InChI is InChI=1S/C11H22N2O/c1-4-8-13(9-7-12)10-11(14,5-2)6-3/h14H,4-6,8-10H2,1-3H3. The lowest BCUT2D eigenvalue weighted by Crippen LogP contribution is -2.42. The maximum Gasteiger partial charge on any atom is 0.0866 e. The molecule has 0 saturated heterocycles. The van der Waals surface area contributed by atoms with E-state index in [-0.39, 0.29) is 0 Å². The topological polar surface area (TPSA) is 47.3 Å². The van der Waals surface area contributed by atoms with E-state index in [0.29, 0.717) is 13.1 Å². The highest BCUT2D eigenvalue weighted by molar-refractivity contribution is 4.84. The van der Waals surface area contributed by atoms with E-state index < -0.39 is 5.60 Å². The maximum atomic E-state index is 10.1. The first-order valence-electron chi connectivity index (χ1n) is 5.43. The van der Waals surface area contributed by atoms with Crippen LogP contribution in [-0.2, 0) is 0 Å². The molecule has 0 atom stereocenters. The lowest BCUT2D eigenvalue weighted by atomic mass is 9.97. The van der Waals surface area contributed by atoms with Crippen LogP contribution >= 0.6 is 0 Å². The Bertz CT molecular complexity index is 182. The number of nitrogens with zero attached hydrogens (tertiary/aromatic N) is 2. The molecule has 14 heavy (non-hydrogen) atoms. The van der Waals surface area contributed by atoms with Gasteiger partial charge in [-0.3, -0.25) is 4.90 Å². The second-order valence-corrected chi connectivity index (χ2v) is 3.80. The van der Waals surface area contributed by atoms with Crippen molar-refractivity contribution in [2.75, 3.05) is 19.6 Å². The van der Waals surface area contributed by atoms with Gasteiger partial charge in [-0.05, 0) is 25.8 Å². The summed E-state index contributed by atoms with van der Waals surface area (Å²) in [5, 5.41) is 18.7. The van der Waals surface area contributed by atoms with Gasteiger partial charge in [-0.15, -0.1) is 0 Å². The third-order valence-electron chi connectivity index (χ3n) is 2.67. The second-order valence-electron chi connectivity index (χ2n) is 3.80. The molecular formula is C11H22N2O. The largest absolute Gasteiger partial charge is 0.389 e. The first-order chi connectivity index (χ1) is 6.61. The van der Waals surface area contributed by atoms with Crippen molar-refractivity contribution in [1.29, 1.82) is 5.26 Å². The molecule has 0 aliphatic rings. The van der Waals surface area contributed by atoms with E-state index in [1.54, 1.807) is 0 Å². The predicted octanol–water partition coefficient (Wildman–Crippen LogP) is 1.77. The molecule has 0 radical (unpaired) electrons. The fraction of sp³-hybridized carbons (Fsp3) is 0.909. The molecule has 3 heteroatoms. The first kappa shape index (κ1) is 13.4. The highest BCUT2D eigenvalue weighted by atomic mass is 16.3. The highest BCUT2D eigenvalue weighted by Crippen LogP contribution is 2.16. The van der Waals surface area contributed by atoms with Crippen LogP contribution in [0.4, 0.5) is 0 Å². The van der Waals surface area contributed by atoms with Gasteiger partial charge in [0.1, 0.15) is 0 Å². The summed E-state index contributed by atoms with van der Waals surface area (Å²) >= 11 is 0. The van der Waals surface area contributed by atoms with E-state index in [1.165, 1.54) is 0 Å². The van der Waals surface area contributed by atoms with Crippen molar-refractivity contribution in [3.8, 4) is 6.07 Å². The Morgan fingerprint density at radius 3 is 2.21 bits per heavy atom. The van der Waals surface area contributed by atoms with Crippen molar-refractivity contribution in [3.05, 3.63) is 0 Å². The van der Waals surface area contributed by atoms with Crippen LogP contribution in [0.15, 0.2) is 0 Å². The lowest BCUT2D eigenvalue weighted by Gasteiger charge is -2.31. The molecule has 0 aliphatic heterocycles. The van der Waals surface area contributed by atoms with Gasteiger partial charge in [-0.1, -0.05) is 20.8 Å². The Morgan fingerprint density at radius 2 is 1.86 bits per heavy atom. The zero-order valence-electron chi connectivity index (χ0n) is 9.58. The average molecular weight is 198 g/mol. The van der Waals surface area contributed by atoms with Crippen molar-refractivity contribution in [2.45, 2.75) is 45.6 Å². The van der Waals surface area contributed by atoms with Crippen LogP contribution < -0.4 is 0 Å². The molecule has 0 rings (SSSR count). The Morgan fingerprint density at radius 1 is 1.29 bits per heavy atom. The minimum atomic E-state index is -0.619. The number of hydrogen-bond donors (Lipinski definition) is 1. The van der Waals surface area contributed by atoms with E-state index in [0.717, 1.165) is 25.8 Å². The van der Waals surface area contributed by atoms with E-state index in [4.69, 9.17) is 5.26 Å². The highest BCUT2D eigenvalue weighted by Gasteiger charge is 2.24. The Labute approximate surface area is 87.3 Å². The molecule has 0 aliphatic carbocycles. The molecule has 0 heterocycles. The fourth-order valence-corrected chi connectivity index (χ4v) is 1.52. The molecule has 0 saturated carbocycles. The van der Waals surface area contributed by atoms with Gasteiger partial charge in [0.15, 0.2) is 0 Å². The summed E-state index contributed by atoms with van der Waals surface area (Å²) in [5.74, 6) is 0. The zero-order valence-corrected chi connectivity index (χ0v) is 9.58. The third-order valence-corrected chi connectivity index (χ3v) is 2.67. The molecule has 0 fully saturated rings. The molecule has 0 aromatic heterocycles. The smallest absolute Gasteiger partial charge is 0.0866 e. The summed E-state index contributed by atoms with van der Waals surface area (Å²) in [7, 11) is 0. The van der Waals surface area contributed by atoms with Gasteiger partial charge >= 0.3 is 0 Å². The molecule has 1 N–H and O–H groups in total. The normalized spacial score (nSPS) is 11.7. The van der Waals surface area contributed by atoms with Crippen LogP contribution in [0.25, 0.3) is 0 Å². The first-order valence-corrected chi connectivity index (χ1v) is 5.43. The Kier molecular flexibility index (Phi) is 6.52. The van der Waals surface area contributed by atoms with Crippen molar-refractivity contribution in [1.82, 2.24) is 4.90 Å². The quantitative estimate of drug-likeness (QED) is 0.634. The summed E-state index contributed by atoms with van der Waals surface area (Å²) < 4.78 is 0. The molecule has 0 amide bonds. The summed E-state index contributed by atoms with van der Waals surface area (Å²) in [6, 6.07) is 2.14. The van der Waals surface area contributed by atoms with E-state index in [9.17, 15) is 5.11 Å². The molecule has 0 bridgehead atoms. The van der Waals surface area contributed by atoms with Crippen LogP contribution in [0.3, 0.4) is 0 Å². The van der Waals surface area contributed by atoms with Gasteiger partial charge in [0.25, 0.3) is 0 Å². The van der Waals surface area contributed by atoms with Crippen LogP contribution in [-0.4, -0.2) is 35.2 Å². The average Bonchev–Trinajstić information content (AvgIpc) is 2.18. The molecule has 0 aromatic rings. The summed E-state index contributed by atoms with van der Waals surface area (Å²) in [4.78, 5) is 2.02. The van der Waals surface area contributed by atoms with Gasteiger partial charge in [0.05, 0.1) is 18.2 Å². The van der Waals surface area contributed by atoms with E-state index in [1.807, 2.05) is 18.7 Å². The molecule has 3 nitrogen and oxygen atoms in total. The lowest BCUT2D eigenvalue weighted by molar-refractivity contribution is -0.000112. The summed E-state index contributed by atoms with van der Waals surface area (Å²) in [6.45, 7) is 7.97. The fourth-order valence-electron chi connectivity index (χ4n) is 1.52. The molecule has 82 valence electrons. The van der Waals surface area contributed by atoms with Crippen molar-refractivity contribution in [2.24, 2.45) is 0 Å². The SMILES string of the molecule is CCCN(CC#N)CC(O)(CC)CC. The monoisotopic (exact) mass is 198 g/mol. The van der Waals surface area contributed by atoms with Gasteiger partial charge in [0.2, 0.25) is 0 Å². The van der Waals surface area contributed by atoms with Gasteiger partial charge in [-0.2, -0.15) is 5.26 Å². The number of aliphatic hydroxyl groups is 1. The predicted molar refractivity (Wildman–Crippen MR) is 57.9 cm³/mol. The number of nitriles is 1. The van der Waals surface area contributed by atoms with E-state index in [2.05, 4.69) is 13.0 Å². The van der Waals surface area contributed by atoms with Gasteiger partial charge in [0, 0.05) is 6.54 Å². The van der Waals surface area contributed by atoms with Crippen LogP contribution in [0.5, 0.6) is 0 Å². The third kappa shape index (κ3) is 4.59. The minimum Gasteiger partial charge on any atom is -0.389 e. The Balaban J connectivity index is 4.19. The molecular weight excluding hydrogens is 176 g/mol. The molecule has 0 unspecified atom stereocenters. The minimum absolute atomic E-state index is 0.413. The zero-order chi connectivity index (χ0) is 11.0. The van der Waals surface area contributed by atoms with Crippen LogP contribution in [0.2, 0.25) is 0 Å². The summed E-state index contributed by atoms with van der Waals surface area (Å²) in [6.07, 6.45) is 2.51. The second kappa shape index (κ2) is 6.80. The number of rotatable bonds is 7. The number of hydrogen-bond acceptors (Lipinski definition) is 3. The summed E-state index contributed by atoms with van der Waals surface area (Å²) in [5.41, 5.74) is -0.619. The Hall–Kier alpha value is -0.590. The molecule has 0 aromatic carbocycles. The van der Waals surface area contributed by atoms with Gasteiger partial charge < -0.3 is 5.11 Å². The van der Waals surface area contributed by atoms with Crippen molar-refractivity contribution in [3.63, 3.8) is 0 Å². The molecule has 0 spiro atoms.